The van der Waals surface area contributed by atoms with Gasteiger partial charge in [-0.05, 0) is 37.5 Å². The number of hydrogen-bond donors (Lipinski definition) is 1. The van der Waals surface area contributed by atoms with Crippen LogP contribution in [0.1, 0.15) is 31.4 Å². The van der Waals surface area contributed by atoms with Gasteiger partial charge in [0, 0.05) is 46.8 Å². The first-order chi connectivity index (χ1) is 7.75. The molecule has 1 aromatic rings. The highest BCUT2D eigenvalue weighted by Gasteiger charge is 2.19. The zero-order chi connectivity index (χ0) is 11.4. The summed E-state index contributed by atoms with van der Waals surface area (Å²) in [5.41, 5.74) is 1.27. The summed E-state index contributed by atoms with van der Waals surface area (Å²) in [7, 11) is -0.570. The minimum absolute atomic E-state index is 0.347. The molecule has 1 fully saturated rings. The second-order valence-corrected chi connectivity index (χ2v) is 5.99. The van der Waals surface area contributed by atoms with Crippen molar-refractivity contribution >= 4 is 10.8 Å². The van der Waals surface area contributed by atoms with E-state index in [1.165, 1.54) is 5.56 Å². The van der Waals surface area contributed by atoms with Gasteiger partial charge < -0.3 is 5.32 Å². The first kappa shape index (κ1) is 11.7. The molecule has 1 aliphatic rings. The standard InChI is InChI=1S/C12H18N2OS/c1-10(11-2-6-13-7-3-11)14-12-4-8-16(15)9-5-12/h2-3,6-7,10,12,14H,4-5,8-9H2,1H3/t10-,12?,16?/m0/s1. The molecule has 0 saturated carbocycles. The van der Waals surface area contributed by atoms with E-state index in [-0.39, 0.29) is 0 Å². The van der Waals surface area contributed by atoms with Crippen LogP contribution in [0, 0.1) is 0 Å². The number of nitrogens with one attached hydrogen (secondary N) is 1. The Morgan fingerprint density at radius 2 is 2.00 bits per heavy atom. The molecule has 1 aliphatic heterocycles. The molecule has 0 aliphatic carbocycles. The van der Waals surface area contributed by atoms with Crippen LogP contribution < -0.4 is 5.32 Å². The molecule has 0 bridgehead atoms. The molecule has 0 radical (unpaired) electrons. The van der Waals surface area contributed by atoms with E-state index in [0.29, 0.717) is 12.1 Å². The van der Waals surface area contributed by atoms with Crippen LogP contribution in [0.3, 0.4) is 0 Å². The Morgan fingerprint density at radius 3 is 2.62 bits per heavy atom. The van der Waals surface area contributed by atoms with Gasteiger partial charge in [-0.25, -0.2) is 0 Å². The first-order valence-electron chi connectivity index (χ1n) is 5.76. The molecule has 4 heteroatoms. The van der Waals surface area contributed by atoms with E-state index >= 15 is 0 Å². The zero-order valence-corrected chi connectivity index (χ0v) is 10.4. The minimum Gasteiger partial charge on any atom is -0.307 e. The molecule has 1 N–H and O–H groups in total. The summed E-state index contributed by atoms with van der Waals surface area (Å²) in [6.45, 7) is 2.17. The fourth-order valence-electron chi connectivity index (χ4n) is 2.06. The summed E-state index contributed by atoms with van der Waals surface area (Å²) >= 11 is 0. The van der Waals surface area contributed by atoms with Crippen LogP contribution in [-0.4, -0.2) is 26.7 Å². The Hall–Kier alpha value is -0.740. The molecule has 0 amide bonds. The lowest BCUT2D eigenvalue weighted by Crippen LogP contribution is -2.37. The SMILES string of the molecule is C[C@H](NC1CCS(=O)CC1)c1ccncc1. The van der Waals surface area contributed by atoms with E-state index in [2.05, 4.69) is 17.2 Å². The van der Waals surface area contributed by atoms with Crippen molar-refractivity contribution in [2.75, 3.05) is 11.5 Å². The Balaban J connectivity index is 1.88. The highest BCUT2D eigenvalue weighted by atomic mass is 32.2. The molecule has 0 unspecified atom stereocenters. The average molecular weight is 238 g/mol. The number of pyridine rings is 1. The van der Waals surface area contributed by atoms with Crippen molar-refractivity contribution in [3.05, 3.63) is 30.1 Å². The van der Waals surface area contributed by atoms with Gasteiger partial charge in [0.05, 0.1) is 0 Å². The van der Waals surface area contributed by atoms with Crippen LogP contribution in [0.15, 0.2) is 24.5 Å². The Bertz CT molecular complexity index is 345. The largest absolute Gasteiger partial charge is 0.307 e. The van der Waals surface area contributed by atoms with E-state index < -0.39 is 10.8 Å². The van der Waals surface area contributed by atoms with Gasteiger partial charge in [0.2, 0.25) is 0 Å². The van der Waals surface area contributed by atoms with Gasteiger partial charge >= 0.3 is 0 Å². The second kappa shape index (κ2) is 5.55. The third kappa shape index (κ3) is 3.12. The van der Waals surface area contributed by atoms with E-state index in [1.54, 1.807) is 0 Å². The quantitative estimate of drug-likeness (QED) is 0.870. The van der Waals surface area contributed by atoms with Gasteiger partial charge in [-0.1, -0.05) is 0 Å². The summed E-state index contributed by atoms with van der Waals surface area (Å²) in [5.74, 6) is 1.70. The van der Waals surface area contributed by atoms with Crippen molar-refractivity contribution in [3.8, 4) is 0 Å². The predicted molar refractivity (Wildman–Crippen MR) is 66.7 cm³/mol. The Kier molecular flexibility index (Phi) is 4.07. The summed E-state index contributed by atoms with van der Waals surface area (Å²) in [4.78, 5) is 4.02. The molecule has 0 spiro atoms. The maximum Gasteiger partial charge on any atom is 0.0295 e. The summed E-state index contributed by atoms with van der Waals surface area (Å²) in [5, 5.41) is 3.59. The number of rotatable bonds is 3. The molecule has 88 valence electrons. The number of hydrogen-bond acceptors (Lipinski definition) is 3. The van der Waals surface area contributed by atoms with Crippen LogP contribution in [-0.2, 0) is 10.8 Å². The highest BCUT2D eigenvalue weighted by Crippen LogP contribution is 2.16. The van der Waals surface area contributed by atoms with E-state index in [1.807, 2.05) is 24.5 Å². The lowest BCUT2D eigenvalue weighted by atomic mass is 10.1. The van der Waals surface area contributed by atoms with Crippen molar-refractivity contribution in [1.82, 2.24) is 10.3 Å². The third-order valence-electron chi connectivity index (χ3n) is 3.08. The van der Waals surface area contributed by atoms with Crippen molar-refractivity contribution in [2.45, 2.75) is 31.8 Å². The predicted octanol–water partition coefficient (Wildman–Crippen LogP) is 1.64. The number of nitrogens with zero attached hydrogens (tertiary/aromatic N) is 1. The molecular formula is C12H18N2OS. The van der Waals surface area contributed by atoms with E-state index in [0.717, 1.165) is 24.3 Å². The molecule has 1 atom stereocenters. The van der Waals surface area contributed by atoms with Gasteiger partial charge in [0.15, 0.2) is 0 Å². The van der Waals surface area contributed by atoms with E-state index in [4.69, 9.17) is 0 Å². The average Bonchev–Trinajstić information content (AvgIpc) is 2.33. The Labute approximate surface area is 99.1 Å². The van der Waals surface area contributed by atoms with Gasteiger partial charge in [-0.2, -0.15) is 0 Å². The van der Waals surface area contributed by atoms with Crippen LogP contribution in [0.5, 0.6) is 0 Å². The van der Waals surface area contributed by atoms with Gasteiger partial charge in [-0.15, -0.1) is 0 Å². The molecule has 0 aromatic carbocycles. The molecule has 3 nitrogen and oxygen atoms in total. The van der Waals surface area contributed by atoms with Crippen LogP contribution >= 0.6 is 0 Å². The highest BCUT2D eigenvalue weighted by molar-refractivity contribution is 7.85. The fourth-order valence-corrected chi connectivity index (χ4v) is 3.36. The smallest absolute Gasteiger partial charge is 0.0295 e. The second-order valence-electron chi connectivity index (χ2n) is 4.29. The van der Waals surface area contributed by atoms with Crippen molar-refractivity contribution < 1.29 is 4.21 Å². The fraction of sp³-hybridized carbons (Fsp3) is 0.583. The lowest BCUT2D eigenvalue weighted by molar-refractivity contribution is 0.427. The molecule has 1 aromatic heterocycles. The van der Waals surface area contributed by atoms with Gasteiger partial charge in [0.25, 0.3) is 0 Å². The van der Waals surface area contributed by atoms with Crippen LogP contribution in [0.25, 0.3) is 0 Å². The molecular weight excluding hydrogens is 220 g/mol. The van der Waals surface area contributed by atoms with Gasteiger partial charge in [0.1, 0.15) is 0 Å². The summed E-state index contributed by atoms with van der Waals surface area (Å²) < 4.78 is 11.2. The zero-order valence-electron chi connectivity index (χ0n) is 9.56. The maximum absolute atomic E-state index is 11.2. The first-order valence-corrected chi connectivity index (χ1v) is 7.25. The molecule has 1 saturated heterocycles. The van der Waals surface area contributed by atoms with Crippen molar-refractivity contribution in [3.63, 3.8) is 0 Å². The minimum atomic E-state index is -0.570. The molecule has 2 heterocycles. The van der Waals surface area contributed by atoms with Crippen molar-refractivity contribution in [1.29, 1.82) is 0 Å². The normalized spacial score (nSPS) is 27.6. The summed E-state index contributed by atoms with van der Waals surface area (Å²) in [6.07, 6.45) is 5.71. The number of aromatic nitrogens is 1. The topological polar surface area (TPSA) is 42.0 Å². The third-order valence-corrected chi connectivity index (χ3v) is 4.46. The lowest BCUT2D eigenvalue weighted by Gasteiger charge is -2.26. The summed E-state index contributed by atoms with van der Waals surface area (Å²) in [6, 6.07) is 4.94. The molecule has 2 rings (SSSR count). The van der Waals surface area contributed by atoms with Gasteiger partial charge in [-0.3, -0.25) is 9.19 Å². The monoisotopic (exact) mass is 238 g/mol. The Morgan fingerprint density at radius 1 is 1.38 bits per heavy atom. The van der Waals surface area contributed by atoms with Crippen molar-refractivity contribution in [2.24, 2.45) is 0 Å². The maximum atomic E-state index is 11.2. The molecule has 16 heavy (non-hydrogen) atoms. The van der Waals surface area contributed by atoms with Crippen LogP contribution in [0.2, 0.25) is 0 Å². The van der Waals surface area contributed by atoms with Crippen LogP contribution in [0.4, 0.5) is 0 Å². The van der Waals surface area contributed by atoms with E-state index in [9.17, 15) is 4.21 Å².